The molecule has 0 aliphatic carbocycles. The fraction of sp³-hybridized carbons (Fsp3) is 0.267. The van der Waals surface area contributed by atoms with Gasteiger partial charge in [-0.25, -0.2) is 0 Å². The lowest BCUT2D eigenvalue weighted by Crippen LogP contribution is -2.31. The topological polar surface area (TPSA) is 87.7 Å². The first kappa shape index (κ1) is 25.8. The molecule has 8 heteroatoms. The molecule has 4 aromatic rings. The van der Waals surface area contributed by atoms with Gasteiger partial charge in [-0.05, 0) is 61.7 Å². The van der Waals surface area contributed by atoms with Crippen molar-refractivity contribution < 1.29 is 19.4 Å². The molecule has 7 nitrogen and oxygen atoms in total. The summed E-state index contributed by atoms with van der Waals surface area (Å²) in [5, 5.41) is 18.4. The van der Waals surface area contributed by atoms with Crippen LogP contribution in [0.1, 0.15) is 53.5 Å². The number of hydrogen-bond donors (Lipinski definition) is 2. The van der Waals surface area contributed by atoms with Crippen molar-refractivity contribution in [2.45, 2.75) is 39.0 Å². The van der Waals surface area contributed by atoms with Crippen molar-refractivity contribution in [2.24, 2.45) is 0 Å². The maximum absolute atomic E-state index is 13.5. The molecule has 0 saturated heterocycles. The molecule has 0 fully saturated rings. The predicted molar refractivity (Wildman–Crippen MR) is 146 cm³/mol. The zero-order valence-electron chi connectivity index (χ0n) is 21.4. The van der Waals surface area contributed by atoms with Crippen molar-refractivity contribution >= 4 is 17.5 Å². The van der Waals surface area contributed by atoms with Crippen molar-refractivity contribution in [3.05, 3.63) is 100 Å². The second kappa shape index (κ2) is 11.3. The van der Waals surface area contributed by atoms with Crippen LogP contribution < -0.4 is 4.74 Å². The third-order valence-corrected chi connectivity index (χ3v) is 6.75. The largest absolute Gasteiger partial charge is 0.507 e. The molecular weight excluding hydrogens is 502 g/mol. The van der Waals surface area contributed by atoms with Gasteiger partial charge in [-0.3, -0.25) is 9.89 Å². The normalized spacial score (nSPS) is 14.8. The number of carbonyl (C=O) groups excluding carboxylic acids is 1. The fourth-order valence-corrected chi connectivity index (χ4v) is 4.89. The number of nitrogens with zero attached hydrogens (tertiary/aromatic N) is 2. The van der Waals surface area contributed by atoms with E-state index in [1.54, 1.807) is 12.1 Å². The van der Waals surface area contributed by atoms with Crippen molar-refractivity contribution in [1.82, 2.24) is 15.1 Å². The van der Waals surface area contributed by atoms with E-state index in [1.807, 2.05) is 73.3 Å². The molecule has 1 amide bonds. The Hall–Kier alpha value is -3.81. The number of amides is 1. The summed E-state index contributed by atoms with van der Waals surface area (Å²) >= 11 is 6.24. The van der Waals surface area contributed by atoms with E-state index in [0.717, 1.165) is 22.4 Å². The Morgan fingerprint density at radius 1 is 1.08 bits per heavy atom. The molecule has 0 bridgehead atoms. The monoisotopic (exact) mass is 531 g/mol. The zero-order valence-corrected chi connectivity index (χ0v) is 22.1. The average molecular weight is 532 g/mol. The highest BCUT2D eigenvalue weighted by atomic mass is 35.5. The fourth-order valence-electron chi connectivity index (χ4n) is 4.72. The molecule has 5 rings (SSSR count). The van der Waals surface area contributed by atoms with Crippen LogP contribution in [-0.2, 0) is 11.3 Å². The number of H-pyrrole nitrogens is 1. The van der Waals surface area contributed by atoms with E-state index in [4.69, 9.17) is 21.1 Å². The summed E-state index contributed by atoms with van der Waals surface area (Å²) in [7, 11) is 0. The van der Waals surface area contributed by atoms with Crippen LogP contribution in [-0.4, -0.2) is 45.4 Å². The molecule has 196 valence electrons. The van der Waals surface area contributed by atoms with Crippen molar-refractivity contribution in [2.75, 3.05) is 13.2 Å². The van der Waals surface area contributed by atoms with Crippen LogP contribution in [0.15, 0.2) is 72.8 Å². The number of ether oxygens (including phenoxy) is 2. The SMILES string of the molecule is CC(C)OCCCN1C(=O)c2[nH]nc(-c3cc(Cl)ccc3O)c2C1c1ccc(OCc2ccccc2)cc1. The van der Waals surface area contributed by atoms with Crippen LogP contribution in [0.5, 0.6) is 11.5 Å². The van der Waals surface area contributed by atoms with Crippen LogP contribution in [0.25, 0.3) is 11.3 Å². The van der Waals surface area contributed by atoms with Gasteiger partial charge in [0.25, 0.3) is 5.91 Å². The van der Waals surface area contributed by atoms with Crippen LogP contribution in [0.4, 0.5) is 0 Å². The molecule has 1 aliphatic rings. The number of nitrogens with one attached hydrogen (secondary N) is 1. The minimum absolute atomic E-state index is 0.0448. The lowest BCUT2D eigenvalue weighted by atomic mass is 9.95. The van der Waals surface area contributed by atoms with E-state index in [2.05, 4.69) is 10.2 Å². The van der Waals surface area contributed by atoms with Crippen molar-refractivity contribution in [1.29, 1.82) is 0 Å². The first-order valence-electron chi connectivity index (χ1n) is 12.7. The molecule has 0 saturated carbocycles. The molecule has 1 aliphatic heterocycles. The molecule has 0 radical (unpaired) electrons. The van der Waals surface area contributed by atoms with Gasteiger partial charge in [-0.1, -0.05) is 54.1 Å². The van der Waals surface area contributed by atoms with Gasteiger partial charge in [0.05, 0.1) is 12.1 Å². The second-order valence-electron chi connectivity index (χ2n) is 9.54. The third kappa shape index (κ3) is 5.39. The molecule has 1 atom stereocenters. The minimum Gasteiger partial charge on any atom is -0.507 e. The molecular formula is C30H30ClN3O4. The number of rotatable bonds is 10. The number of carbonyl (C=O) groups is 1. The van der Waals surface area contributed by atoms with Crippen LogP contribution in [0.2, 0.25) is 5.02 Å². The number of halogens is 1. The summed E-state index contributed by atoms with van der Waals surface area (Å²) in [6, 6.07) is 22.2. The highest BCUT2D eigenvalue weighted by Crippen LogP contribution is 2.45. The Morgan fingerprint density at radius 3 is 2.58 bits per heavy atom. The van der Waals surface area contributed by atoms with Gasteiger partial charge in [-0.15, -0.1) is 0 Å². The number of aromatic hydroxyl groups is 1. The number of benzene rings is 3. The van der Waals surface area contributed by atoms with E-state index in [0.29, 0.717) is 48.2 Å². The van der Waals surface area contributed by atoms with Crippen molar-refractivity contribution in [3.63, 3.8) is 0 Å². The summed E-state index contributed by atoms with van der Waals surface area (Å²) in [5.41, 5.74) is 4.11. The minimum atomic E-state index is -0.396. The van der Waals surface area contributed by atoms with Crippen LogP contribution >= 0.6 is 11.6 Å². The summed E-state index contributed by atoms with van der Waals surface area (Å²) in [5.74, 6) is 0.640. The van der Waals surface area contributed by atoms with Crippen LogP contribution in [0.3, 0.4) is 0 Å². The van der Waals surface area contributed by atoms with E-state index in [1.165, 1.54) is 6.07 Å². The van der Waals surface area contributed by atoms with E-state index in [9.17, 15) is 9.90 Å². The molecule has 2 N–H and O–H groups in total. The standard InChI is InChI=1S/C30H30ClN3O4/c1-19(2)37-16-6-15-34-29(21-9-12-23(13-10-21)38-18-20-7-4-3-5-8-20)26-27(32-33-28(26)30(34)36)24-17-22(31)11-14-25(24)35/h3-5,7-14,17,19,29,35H,6,15-16,18H2,1-2H3,(H,32,33). The summed E-state index contributed by atoms with van der Waals surface area (Å²) in [6.45, 7) is 5.51. The maximum Gasteiger partial charge on any atom is 0.273 e. The molecule has 2 heterocycles. The Morgan fingerprint density at radius 2 is 1.84 bits per heavy atom. The van der Waals surface area contributed by atoms with E-state index in [-0.39, 0.29) is 17.8 Å². The quantitative estimate of drug-likeness (QED) is 0.232. The number of fused-ring (bicyclic) bond motifs is 1. The molecule has 3 aromatic carbocycles. The first-order valence-corrected chi connectivity index (χ1v) is 13.1. The lowest BCUT2D eigenvalue weighted by Gasteiger charge is -2.27. The highest BCUT2D eigenvalue weighted by Gasteiger charge is 2.42. The van der Waals surface area contributed by atoms with Gasteiger partial charge in [-0.2, -0.15) is 5.10 Å². The Kier molecular flexibility index (Phi) is 7.67. The second-order valence-corrected chi connectivity index (χ2v) is 9.98. The number of hydrogen-bond acceptors (Lipinski definition) is 5. The highest BCUT2D eigenvalue weighted by molar-refractivity contribution is 6.31. The summed E-state index contributed by atoms with van der Waals surface area (Å²) in [4.78, 5) is 15.4. The number of phenolic OH excluding ortho intramolecular Hbond substituents is 1. The van der Waals surface area contributed by atoms with Gasteiger partial charge < -0.3 is 19.5 Å². The van der Waals surface area contributed by atoms with Gasteiger partial charge in [0.2, 0.25) is 0 Å². The first-order chi connectivity index (χ1) is 18.4. The van der Waals surface area contributed by atoms with E-state index >= 15 is 0 Å². The smallest absolute Gasteiger partial charge is 0.273 e. The predicted octanol–water partition coefficient (Wildman–Crippen LogP) is 6.38. The number of aromatic nitrogens is 2. The molecule has 1 unspecified atom stereocenters. The average Bonchev–Trinajstić information content (AvgIpc) is 3.46. The Balaban J connectivity index is 1.46. The van der Waals surface area contributed by atoms with Crippen molar-refractivity contribution in [3.8, 4) is 22.8 Å². The van der Waals surface area contributed by atoms with Crippen LogP contribution in [0, 0.1) is 0 Å². The number of aromatic amines is 1. The summed E-state index contributed by atoms with van der Waals surface area (Å²) in [6.07, 6.45) is 0.812. The van der Waals surface area contributed by atoms with Gasteiger partial charge in [0, 0.05) is 29.3 Å². The van der Waals surface area contributed by atoms with Gasteiger partial charge >= 0.3 is 0 Å². The summed E-state index contributed by atoms with van der Waals surface area (Å²) < 4.78 is 11.7. The Labute approximate surface area is 227 Å². The number of phenols is 1. The molecule has 1 aromatic heterocycles. The Bertz CT molecular complexity index is 1400. The van der Waals surface area contributed by atoms with E-state index < -0.39 is 6.04 Å². The zero-order chi connectivity index (χ0) is 26.6. The van der Waals surface area contributed by atoms with Gasteiger partial charge in [0.15, 0.2) is 0 Å². The third-order valence-electron chi connectivity index (χ3n) is 6.52. The maximum atomic E-state index is 13.5. The van der Waals surface area contributed by atoms with Gasteiger partial charge in [0.1, 0.15) is 29.5 Å². The molecule has 38 heavy (non-hydrogen) atoms. The molecule has 0 spiro atoms. The lowest BCUT2D eigenvalue weighted by molar-refractivity contribution is 0.0601.